The number of benzene rings is 1. The molecule has 21 heavy (non-hydrogen) atoms. The average molecular weight is 297 g/mol. The van der Waals surface area contributed by atoms with Crippen molar-refractivity contribution in [2.75, 3.05) is 33.5 Å². The smallest absolute Gasteiger partial charge is 0.128 e. The van der Waals surface area contributed by atoms with Crippen molar-refractivity contribution in [2.45, 2.75) is 20.0 Å². The van der Waals surface area contributed by atoms with Crippen molar-refractivity contribution < 1.29 is 24.5 Å². The molecule has 0 aliphatic carbocycles. The van der Waals surface area contributed by atoms with Gasteiger partial charge in [-0.25, -0.2) is 0 Å². The van der Waals surface area contributed by atoms with E-state index in [0.29, 0.717) is 30.2 Å². The Hall–Kier alpha value is -1.63. The van der Waals surface area contributed by atoms with Crippen LogP contribution in [0.5, 0.6) is 5.75 Å². The molecule has 118 valence electrons. The van der Waals surface area contributed by atoms with Gasteiger partial charge in [-0.1, -0.05) is 16.8 Å². The van der Waals surface area contributed by atoms with Crippen molar-refractivity contribution in [1.29, 1.82) is 0 Å². The lowest BCUT2D eigenvalue weighted by molar-refractivity contribution is -0.00422. The molecule has 0 aliphatic heterocycles. The van der Waals surface area contributed by atoms with Crippen molar-refractivity contribution in [3.05, 3.63) is 29.3 Å². The second-order valence-corrected chi connectivity index (χ2v) is 4.72. The highest BCUT2D eigenvalue weighted by molar-refractivity contribution is 6.00. The fraction of sp³-hybridized carbons (Fsp3) is 0.533. The predicted molar refractivity (Wildman–Crippen MR) is 79.4 cm³/mol. The molecule has 0 spiro atoms. The minimum Gasteiger partial charge on any atom is -0.490 e. The molecule has 1 unspecified atom stereocenters. The van der Waals surface area contributed by atoms with Crippen LogP contribution in [0.4, 0.5) is 0 Å². The van der Waals surface area contributed by atoms with Crippen molar-refractivity contribution in [1.82, 2.24) is 0 Å². The Bertz CT molecular complexity index is 461. The third-order valence-corrected chi connectivity index (χ3v) is 2.85. The molecule has 0 bridgehead atoms. The van der Waals surface area contributed by atoms with Crippen LogP contribution in [-0.2, 0) is 9.47 Å². The molecule has 6 nitrogen and oxygen atoms in total. The maximum Gasteiger partial charge on any atom is 0.128 e. The van der Waals surface area contributed by atoms with Gasteiger partial charge in [-0.2, -0.15) is 0 Å². The number of oxime groups is 1. The van der Waals surface area contributed by atoms with E-state index < -0.39 is 6.10 Å². The molecule has 1 aromatic carbocycles. The van der Waals surface area contributed by atoms with E-state index in [1.807, 2.05) is 19.1 Å². The molecule has 0 saturated heterocycles. The molecular weight excluding hydrogens is 274 g/mol. The van der Waals surface area contributed by atoms with Crippen LogP contribution in [0, 0.1) is 6.92 Å². The van der Waals surface area contributed by atoms with Crippen molar-refractivity contribution >= 4 is 5.71 Å². The number of rotatable bonds is 9. The summed E-state index contributed by atoms with van der Waals surface area (Å²) in [5, 5.41) is 21.9. The predicted octanol–water partition coefficient (Wildman–Crippen LogP) is 1.60. The molecule has 0 radical (unpaired) electrons. The van der Waals surface area contributed by atoms with Crippen LogP contribution in [0.2, 0.25) is 0 Å². The summed E-state index contributed by atoms with van der Waals surface area (Å²) in [4.78, 5) is 0. The summed E-state index contributed by atoms with van der Waals surface area (Å²) in [5.41, 5.74) is 2.19. The second-order valence-electron chi connectivity index (χ2n) is 4.72. The van der Waals surface area contributed by atoms with Gasteiger partial charge in [0.15, 0.2) is 0 Å². The zero-order chi connectivity index (χ0) is 15.7. The van der Waals surface area contributed by atoms with Gasteiger partial charge in [0.2, 0.25) is 0 Å². The van der Waals surface area contributed by atoms with E-state index in [-0.39, 0.29) is 13.2 Å². The van der Waals surface area contributed by atoms with Crippen LogP contribution >= 0.6 is 0 Å². The van der Waals surface area contributed by atoms with E-state index >= 15 is 0 Å². The lowest BCUT2D eigenvalue weighted by Crippen LogP contribution is -2.24. The third-order valence-electron chi connectivity index (χ3n) is 2.85. The fourth-order valence-corrected chi connectivity index (χ4v) is 1.70. The van der Waals surface area contributed by atoms with Crippen LogP contribution in [0.3, 0.4) is 0 Å². The summed E-state index contributed by atoms with van der Waals surface area (Å²) in [6, 6.07) is 5.55. The first-order valence-electron chi connectivity index (χ1n) is 6.75. The van der Waals surface area contributed by atoms with Gasteiger partial charge in [0.05, 0.1) is 25.5 Å². The molecule has 0 aliphatic rings. The SMILES string of the molecule is COCCOCC(O)COc1ccc(C)cc1/C(C)=N/O. The highest BCUT2D eigenvalue weighted by Gasteiger charge is 2.11. The average Bonchev–Trinajstić information content (AvgIpc) is 2.49. The molecule has 1 rings (SSSR count). The van der Waals surface area contributed by atoms with E-state index in [9.17, 15) is 5.11 Å². The number of aliphatic hydroxyl groups excluding tert-OH is 1. The Morgan fingerprint density at radius 3 is 2.71 bits per heavy atom. The summed E-state index contributed by atoms with van der Waals surface area (Å²) in [6.07, 6.45) is -0.734. The maximum absolute atomic E-state index is 9.78. The van der Waals surface area contributed by atoms with Crippen molar-refractivity contribution in [3.63, 3.8) is 0 Å². The van der Waals surface area contributed by atoms with Gasteiger partial charge in [-0.05, 0) is 26.0 Å². The summed E-state index contributed by atoms with van der Waals surface area (Å²) in [5.74, 6) is 0.562. The standard InChI is InChI=1S/C15H23NO5/c1-11-4-5-15(14(8-11)12(2)16-18)21-10-13(17)9-20-7-6-19-3/h4-5,8,13,17-18H,6-7,9-10H2,1-3H3/b16-12+. The van der Waals surface area contributed by atoms with Crippen LogP contribution in [-0.4, -0.2) is 55.7 Å². The molecule has 6 heteroatoms. The van der Waals surface area contributed by atoms with Crippen LogP contribution < -0.4 is 4.74 Å². The molecule has 0 fully saturated rings. The first kappa shape index (κ1) is 17.4. The number of aliphatic hydroxyl groups is 1. The second kappa shape index (κ2) is 9.33. The van der Waals surface area contributed by atoms with Gasteiger partial charge in [-0.15, -0.1) is 0 Å². The Kier molecular flexibility index (Phi) is 7.74. The maximum atomic E-state index is 9.78. The summed E-state index contributed by atoms with van der Waals surface area (Å²) in [7, 11) is 1.59. The summed E-state index contributed by atoms with van der Waals surface area (Å²) >= 11 is 0. The summed E-state index contributed by atoms with van der Waals surface area (Å²) in [6.45, 7) is 4.82. The van der Waals surface area contributed by atoms with Crippen LogP contribution in [0.25, 0.3) is 0 Å². The molecule has 2 N–H and O–H groups in total. The molecular formula is C15H23NO5. The largest absolute Gasteiger partial charge is 0.490 e. The number of ether oxygens (including phenoxy) is 3. The lowest BCUT2D eigenvalue weighted by Gasteiger charge is -2.15. The van der Waals surface area contributed by atoms with Gasteiger partial charge in [0, 0.05) is 12.7 Å². The highest BCUT2D eigenvalue weighted by Crippen LogP contribution is 2.21. The fourth-order valence-electron chi connectivity index (χ4n) is 1.70. The molecule has 0 amide bonds. The quantitative estimate of drug-likeness (QED) is 0.313. The number of hydrogen-bond acceptors (Lipinski definition) is 6. The number of nitrogens with zero attached hydrogens (tertiary/aromatic N) is 1. The molecule has 1 aromatic rings. The van der Waals surface area contributed by atoms with Gasteiger partial charge in [-0.3, -0.25) is 0 Å². The normalized spacial score (nSPS) is 13.2. The molecule has 0 aromatic heterocycles. The van der Waals surface area contributed by atoms with Crippen LogP contribution in [0.1, 0.15) is 18.1 Å². The van der Waals surface area contributed by atoms with Gasteiger partial charge < -0.3 is 24.5 Å². The van der Waals surface area contributed by atoms with Crippen LogP contribution in [0.15, 0.2) is 23.4 Å². The van der Waals surface area contributed by atoms with Gasteiger partial charge in [0.25, 0.3) is 0 Å². The van der Waals surface area contributed by atoms with E-state index in [1.165, 1.54) is 0 Å². The summed E-state index contributed by atoms with van der Waals surface area (Å²) < 4.78 is 15.6. The minimum atomic E-state index is -0.734. The minimum absolute atomic E-state index is 0.0990. The Labute approximate surface area is 124 Å². The zero-order valence-corrected chi connectivity index (χ0v) is 12.7. The van der Waals surface area contributed by atoms with E-state index in [2.05, 4.69) is 5.16 Å². The number of aryl methyl sites for hydroxylation is 1. The number of methoxy groups -OCH3 is 1. The van der Waals surface area contributed by atoms with Gasteiger partial charge in [0.1, 0.15) is 18.5 Å². The van der Waals surface area contributed by atoms with E-state index in [4.69, 9.17) is 19.4 Å². The molecule has 0 saturated carbocycles. The molecule has 1 atom stereocenters. The topological polar surface area (TPSA) is 80.5 Å². The lowest BCUT2D eigenvalue weighted by atomic mass is 10.1. The Balaban J connectivity index is 2.55. The Morgan fingerprint density at radius 2 is 2.05 bits per heavy atom. The first-order valence-corrected chi connectivity index (χ1v) is 6.75. The van der Waals surface area contributed by atoms with Gasteiger partial charge >= 0.3 is 0 Å². The monoisotopic (exact) mass is 297 g/mol. The third kappa shape index (κ3) is 6.12. The first-order chi connectivity index (χ1) is 10.1. The van der Waals surface area contributed by atoms with E-state index in [0.717, 1.165) is 5.56 Å². The molecule has 0 heterocycles. The number of hydrogen-bond donors (Lipinski definition) is 2. The zero-order valence-electron chi connectivity index (χ0n) is 12.7. The van der Waals surface area contributed by atoms with E-state index in [1.54, 1.807) is 20.1 Å². The van der Waals surface area contributed by atoms with Crippen molar-refractivity contribution in [2.24, 2.45) is 5.16 Å². The van der Waals surface area contributed by atoms with Crippen molar-refractivity contribution in [3.8, 4) is 5.75 Å². The highest BCUT2D eigenvalue weighted by atomic mass is 16.5. The Morgan fingerprint density at radius 1 is 1.29 bits per heavy atom.